The fourth-order valence-corrected chi connectivity index (χ4v) is 4.00. The van der Waals surface area contributed by atoms with Crippen LogP contribution >= 0.6 is 0 Å². The molecule has 6 nitrogen and oxygen atoms in total. The molecule has 0 bridgehead atoms. The molecule has 1 N–H and O–H groups in total. The van der Waals surface area contributed by atoms with Crippen LogP contribution in [-0.4, -0.2) is 25.4 Å². The molecular weight excluding hydrogens is 445 g/mol. The number of ether oxygens (including phenoxy) is 1. The van der Waals surface area contributed by atoms with Gasteiger partial charge >= 0.3 is 5.97 Å². The number of benzene rings is 3. The maximum absolute atomic E-state index is 14.2. The zero-order valence-electron chi connectivity index (χ0n) is 19.0. The summed E-state index contributed by atoms with van der Waals surface area (Å²) in [4.78, 5) is 21.7. The van der Waals surface area contributed by atoms with Crippen molar-refractivity contribution in [3.05, 3.63) is 113 Å². The van der Waals surface area contributed by atoms with E-state index in [1.165, 1.54) is 19.1 Å². The summed E-state index contributed by atoms with van der Waals surface area (Å²) in [5.74, 6) is -1.36. The van der Waals surface area contributed by atoms with E-state index in [2.05, 4.69) is 0 Å². The molecule has 0 aliphatic carbocycles. The summed E-state index contributed by atoms with van der Waals surface area (Å²) in [5, 5.41) is 9.63. The van der Waals surface area contributed by atoms with Crippen LogP contribution in [0.3, 0.4) is 0 Å². The summed E-state index contributed by atoms with van der Waals surface area (Å²) in [7, 11) is 0. The second-order valence-electron chi connectivity index (χ2n) is 8.21. The molecule has 0 spiro atoms. The Bertz CT molecular complexity index is 1520. The maximum Gasteiger partial charge on any atom is 0.309 e. The van der Waals surface area contributed by atoms with Gasteiger partial charge in [0.1, 0.15) is 5.69 Å². The lowest BCUT2D eigenvalue weighted by atomic mass is 10.1. The first-order chi connectivity index (χ1) is 17.0. The molecule has 0 atom stereocenters. The Morgan fingerprint density at radius 2 is 1.54 bits per heavy atom. The van der Waals surface area contributed by atoms with Gasteiger partial charge in [0.2, 0.25) is 5.88 Å². The molecule has 174 valence electrons. The third kappa shape index (κ3) is 4.75. The summed E-state index contributed by atoms with van der Waals surface area (Å²) in [6.45, 7) is 1.34. The number of rotatable bonds is 6. The molecule has 35 heavy (non-hydrogen) atoms. The lowest BCUT2D eigenvalue weighted by Crippen LogP contribution is -2.07. The van der Waals surface area contributed by atoms with Crippen LogP contribution in [0, 0.1) is 5.82 Å². The molecule has 0 aliphatic heterocycles. The highest BCUT2D eigenvalue weighted by atomic mass is 19.1. The summed E-state index contributed by atoms with van der Waals surface area (Å²) in [5.41, 5.74) is 4.77. The van der Waals surface area contributed by atoms with Gasteiger partial charge in [0.25, 0.3) is 0 Å². The maximum atomic E-state index is 14.2. The Morgan fingerprint density at radius 3 is 2.14 bits per heavy atom. The summed E-state index contributed by atoms with van der Waals surface area (Å²) in [6, 6.07) is 23.7. The molecule has 7 heteroatoms. The summed E-state index contributed by atoms with van der Waals surface area (Å²) >= 11 is 0. The highest BCUT2D eigenvalue weighted by Gasteiger charge is 2.21. The first kappa shape index (κ1) is 22.3. The van der Waals surface area contributed by atoms with Crippen LogP contribution in [0.4, 0.5) is 4.39 Å². The minimum Gasteiger partial charge on any atom is -0.505 e. The molecule has 0 saturated carbocycles. The number of aromatic hydroxyl groups is 1. The molecule has 5 aromatic rings. The topological polar surface area (TPSA) is 76.7 Å². The molecule has 0 radical (unpaired) electrons. The van der Waals surface area contributed by atoms with E-state index in [4.69, 9.17) is 14.7 Å². The molecule has 0 aliphatic rings. The number of phenols is 1. The fraction of sp³-hybridized carbons (Fsp3) is 0.107. The molecule has 0 amide bonds. The van der Waals surface area contributed by atoms with Gasteiger partial charge in [-0.05, 0) is 29.3 Å². The largest absolute Gasteiger partial charge is 0.505 e. The Hall–Kier alpha value is -4.52. The minimum atomic E-state index is -0.746. The normalized spacial score (nSPS) is 11.0. The number of hydrogen-bond donors (Lipinski definition) is 1. The van der Waals surface area contributed by atoms with Crippen molar-refractivity contribution >= 4 is 11.6 Å². The third-order valence-electron chi connectivity index (χ3n) is 5.61. The molecular formula is C28H22FN3O3. The summed E-state index contributed by atoms with van der Waals surface area (Å²) in [6.07, 6.45) is 2.61. The first-order valence-electron chi connectivity index (χ1n) is 11.1. The Balaban J connectivity index is 1.72. The van der Waals surface area contributed by atoms with Gasteiger partial charge < -0.3 is 9.84 Å². The fourth-order valence-electron chi connectivity index (χ4n) is 4.00. The SMILES string of the molecule is CC(=O)Oc1c(Cc2ccccc2)nc2c(Cc3ccccc3)nc(-c3ccc(O)c(F)c3)cn12. The standard InChI is InChI=1S/C28H22FN3O3/c1-18(33)35-28-24(15-20-10-6-3-7-11-20)31-27-23(14-19-8-4-2-5-9-19)30-25(17-32(27)28)21-12-13-26(34)22(29)16-21/h2-13,16-17,34H,14-15H2,1H3. The van der Waals surface area contributed by atoms with Gasteiger partial charge in [0.05, 0.1) is 11.4 Å². The van der Waals surface area contributed by atoms with Gasteiger partial charge in [0, 0.05) is 31.5 Å². The number of carbonyl (C=O) groups excluding carboxylic acids is 1. The molecule has 0 fully saturated rings. The average Bonchev–Trinajstić information content (AvgIpc) is 3.18. The molecule has 0 unspecified atom stereocenters. The second kappa shape index (κ2) is 9.38. The smallest absolute Gasteiger partial charge is 0.309 e. The van der Waals surface area contributed by atoms with Crippen molar-refractivity contribution in [2.24, 2.45) is 0 Å². The van der Waals surface area contributed by atoms with Crippen LogP contribution in [0.15, 0.2) is 85.1 Å². The first-order valence-corrected chi connectivity index (χ1v) is 11.1. The molecule has 2 heterocycles. The van der Waals surface area contributed by atoms with Crippen molar-refractivity contribution < 1.29 is 19.0 Å². The Labute approximate surface area is 201 Å². The van der Waals surface area contributed by atoms with Crippen LogP contribution in [0.1, 0.15) is 29.4 Å². The number of nitrogens with zero attached hydrogens (tertiary/aromatic N) is 3. The van der Waals surface area contributed by atoms with Crippen LogP contribution in [0.25, 0.3) is 16.9 Å². The zero-order chi connectivity index (χ0) is 24.4. The number of esters is 1. The summed E-state index contributed by atoms with van der Waals surface area (Å²) < 4.78 is 21.5. The Morgan fingerprint density at radius 1 is 0.914 bits per heavy atom. The van der Waals surface area contributed by atoms with Gasteiger partial charge in [-0.3, -0.25) is 9.20 Å². The number of aromatic nitrogens is 3. The van der Waals surface area contributed by atoms with Crippen molar-refractivity contribution in [1.82, 2.24) is 14.4 Å². The number of fused-ring (bicyclic) bond motifs is 1. The van der Waals surface area contributed by atoms with Crippen molar-refractivity contribution in [2.45, 2.75) is 19.8 Å². The highest BCUT2D eigenvalue weighted by Crippen LogP contribution is 2.30. The van der Waals surface area contributed by atoms with E-state index in [0.717, 1.165) is 11.1 Å². The molecule has 3 aromatic carbocycles. The molecule has 0 saturated heterocycles. The van der Waals surface area contributed by atoms with E-state index in [1.54, 1.807) is 16.7 Å². The number of imidazole rings is 1. The van der Waals surface area contributed by atoms with Crippen LogP contribution in [0.5, 0.6) is 11.6 Å². The van der Waals surface area contributed by atoms with Gasteiger partial charge in [0.15, 0.2) is 17.2 Å². The van der Waals surface area contributed by atoms with Crippen molar-refractivity contribution in [3.8, 4) is 22.9 Å². The number of carbonyl (C=O) groups is 1. The van der Waals surface area contributed by atoms with Gasteiger partial charge in [-0.2, -0.15) is 0 Å². The van der Waals surface area contributed by atoms with Crippen LogP contribution in [-0.2, 0) is 17.6 Å². The van der Waals surface area contributed by atoms with Crippen molar-refractivity contribution in [3.63, 3.8) is 0 Å². The molecule has 5 rings (SSSR count). The number of halogens is 1. The highest BCUT2D eigenvalue weighted by molar-refractivity contribution is 5.71. The van der Waals surface area contributed by atoms with E-state index in [9.17, 15) is 14.3 Å². The van der Waals surface area contributed by atoms with Crippen molar-refractivity contribution in [1.29, 1.82) is 0 Å². The molecule has 2 aromatic heterocycles. The lowest BCUT2D eigenvalue weighted by Gasteiger charge is -2.10. The van der Waals surface area contributed by atoms with Crippen molar-refractivity contribution in [2.75, 3.05) is 0 Å². The van der Waals surface area contributed by atoms with Crippen LogP contribution < -0.4 is 4.74 Å². The minimum absolute atomic E-state index is 0.300. The predicted octanol–water partition coefficient (Wildman–Crippen LogP) is 5.35. The zero-order valence-corrected chi connectivity index (χ0v) is 19.0. The van der Waals surface area contributed by atoms with Crippen LogP contribution in [0.2, 0.25) is 0 Å². The Kier molecular flexibility index (Phi) is 5.97. The second-order valence-corrected chi connectivity index (χ2v) is 8.21. The van der Waals surface area contributed by atoms with E-state index in [1.807, 2.05) is 60.7 Å². The van der Waals surface area contributed by atoms with E-state index in [0.29, 0.717) is 47.0 Å². The van der Waals surface area contributed by atoms with E-state index in [-0.39, 0.29) is 0 Å². The monoisotopic (exact) mass is 467 g/mol. The number of hydrogen-bond acceptors (Lipinski definition) is 5. The van der Waals surface area contributed by atoms with E-state index < -0.39 is 17.5 Å². The number of phenolic OH excluding ortho intramolecular Hbond substituents is 1. The average molecular weight is 468 g/mol. The van der Waals surface area contributed by atoms with Gasteiger partial charge in [-0.15, -0.1) is 0 Å². The quantitative estimate of drug-likeness (QED) is 0.341. The third-order valence-corrected chi connectivity index (χ3v) is 5.61. The van der Waals surface area contributed by atoms with E-state index >= 15 is 0 Å². The van der Waals surface area contributed by atoms with Gasteiger partial charge in [-0.25, -0.2) is 14.4 Å². The lowest BCUT2D eigenvalue weighted by molar-refractivity contribution is -0.132. The van der Waals surface area contributed by atoms with Gasteiger partial charge in [-0.1, -0.05) is 60.7 Å². The predicted molar refractivity (Wildman–Crippen MR) is 130 cm³/mol.